The van der Waals surface area contributed by atoms with Gasteiger partial charge in [0.25, 0.3) is 0 Å². The number of aromatic nitrogens is 4. The molecule has 154 valence electrons. The molecule has 0 saturated carbocycles. The maximum atomic E-state index is 9.80. The van der Waals surface area contributed by atoms with Crippen molar-refractivity contribution < 1.29 is 5.11 Å². The topological polar surface area (TPSA) is 66.5 Å². The molecule has 0 bridgehead atoms. The largest absolute Gasteiger partial charge is 0.392 e. The van der Waals surface area contributed by atoms with Gasteiger partial charge in [0.2, 0.25) is 0 Å². The summed E-state index contributed by atoms with van der Waals surface area (Å²) in [5, 5.41) is 19.7. The van der Waals surface area contributed by atoms with Crippen LogP contribution in [0.4, 0.5) is 0 Å². The summed E-state index contributed by atoms with van der Waals surface area (Å²) in [6.45, 7) is 9.10. The Kier molecular flexibility index (Phi) is 4.56. The first-order chi connectivity index (χ1) is 14.4. The highest BCUT2D eigenvalue weighted by Crippen LogP contribution is 2.30. The SMILES string of the molecule is CC(C)(C)c1cccc2ccc(-c3nnc4ccc(CN5CCC(O)C5)cn34)nc12. The predicted octanol–water partition coefficient (Wildman–Crippen LogP) is 3.81. The van der Waals surface area contributed by atoms with Gasteiger partial charge in [0.05, 0.1) is 11.6 Å². The molecule has 1 fully saturated rings. The summed E-state index contributed by atoms with van der Waals surface area (Å²) in [5.41, 5.74) is 5.05. The second kappa shape index (κ2) is 7.15. The van der Waals surface area contributed by atoms with Crippen molar-refractivity contribution in [2.75, 3.05) is 13.1 Å². The number of nitrogens with zero attached hydrogens (tertiary/aromatic N) is 5. The minimum atomic E-state index is -0.210. The first kappa shape index (κ1) is 19.2. The number of aliphatic hydroxyl groups excluding tert-OH is 1. The number of pyridine rings is 2. The molecule has 1 unspecified atom stereocenters. The van der Waals surface area contributed by atoms with Crippen LogP contribution in [0.5, 0.6) is 0 Å². The number of hydrogen-bond donors (Lipinski definition) is 1. The smallest absolute Gasteiger partial charge is 0.187 e. The number of benzene rings is 1. The highest BCUT2D eigenvalue weighted by atomic mass is 16.3. The predicted molar refractivity (Wildman–Crippen MR) is 118 cm³/mol. The molecule has 4 heterocycles. The van der Waals surface area contributed by atoms with Crippen LogP contribution in [-0.2, 0) is 12.0 Å². The van der Waals surface area contributed by atoms with Gasteiger partial charge in [0, 0.05) is 31.2 Å². The average Bonchev–Trinajstić information content (AvgIpc) is 3.32. The van der Waals surface area contributed by atoms with Crippen LogP contribution in [0.1, 0.15) is 38.3 Å². The molecule has 0 amide bonds. The van der Waals surface area contributed by atoms with E-state index < -0.39 is 0 Å². The Morgan fingerprint density at radius 3 is 2.70 bits per heavy atom. The molecule has 0 radical (unpaired) electrons. The molecule has 6 nitrogen and oxygen atoms in total. The number of likely N-dealkylation sites (tertiary alicyclic amines) is 1. The zero-order chi connectivity index (χ0) is 20.9. The van der Waals surface area contributed by atoms with E-state index in [0.717, 1.165) is 54.1 Å². The number of fused-ring (bicyclic) bond motifs is 2. The maximum Gasteiger partial charge on any atom is 0.187 e. The molecule has 0 spiro atoms. The standard InChI is InChI=1S/C24H27N5O/c1-24(2,3)19-6-4-5-17-8-9-20(25-22(17)19)23-27-26-21-10-7-16(14-29(21)23)13-28-12-11-18(30)15-28/h4-10,14,18,30H,11-13,15H2,1-3H3. The molecule has 5 rings (SSSR count). The van der Waals surface area contributed by atoms with E-state index in [1.165, 1.54) is 11.1 Å². The van der Waals surface area contributed by atoms with Crippen molar-refractivity contribution in [2.24, 2.45) is 0 Å². The van der Waals surface area contributed by atoms with E-state index in [4.69, 9.17) is 4.98 Å². The molecule has 1 aliphatic heterocycles. The van der Waals surface area contributed by atoms with E-state index in [-0.39, 0.29) is 11.5 Å². The van der Waals surface area contributed by atoms with Gasteiger partial charge >= 0.3 is 0 Å². The zero-order valence-corrected chi connectivity index (χ0v) is 17.7. The van der Waals surface area contributed by atoms with Crippen molar-refractivity contribution in [1.29, 1.82) is 0 Å². The molecule has 1 aliphatic rings. The first-order valence-corrected chi connectivity index (χ1v) is 10.5. The lowest BCUT2D eigenvalue weighted by Gasteiger charge is -2.20. The lowest BCUT2D eigenvalue weighted by atomic mass is 9.85. The normalized spacial score (nSPS) is 17.9. The fraction of sp³-hybridized carbons (Fsp3) is 0.375. The quantitative estimate of drug-likeness (QED) is 0.565. The molecule has 30 heavy (non-hydrogen) atoms. The van der Waals surface area contributed by atoms with Gasteiger partial charge in [-0.25, -0.2) is 4.98 Å². The second-order valence-electron chi connectivity index (χ2n) is 9.29. The summed E-state index contributed by atoms with van der Waals surface area (Å²) >= 11 is 0. The van der Waals surface area contributed by atoms with Gasteiger partial charge < -0.3 is 5.11 Å². The van der Waals surface area contributed by atoms with E-state index in [2.05, 4.69) is 72.4 Å². The number of rotatable bonds is 3. The van der Waals surface area contributed by atoms with Crippen LogP contribution in [0.25, 0.3) is 28.1 Å². The number of β-amino-alcohol motifs (C(OH)–C–C–N with tert-alkyl or cyclic N) is 1. The van der Waals surface area contributed by atoms with Gasteiger partial charge in [0.1, 0.15) is 5.69 Å². The summed E-state index contributed by atoms with van der Waals surface area (Å²) in [6.07, 6.45) is 2.73. The highest BCUT2D eigenvalue weighted by molar-refractivity contribution is 5.84. The molecule has 1 aromatic carbocycles. The third-order valence-electron chi connectivity index (χ3n) is 5.87. The lowest BCUT2D eigenvalue weighted by Crippen LogP contribution is -2.21. The van der Waals surface area contributed by atoms with Crippen LogP contribution in [0.3, 0.4) is 0 Å². The Hall–Kier alpha value is -2.83. The van der Waals surface area contributed by atoms with Gasteiger partial charge in [-0.3, -0.25) is 9.30 Å². The van der Waals surface area contributed by atoms with Crippen molar-refractivity contribution in [1.82, 2.24) is 24.5 Å². The Morgan fingerprint density at radius 1 is 1.07 bits per heavy atom. The first-order valence-electron chi connectivity index (χ1n) is 10.5. The van der Waals surface area contributed by atoms with Gasteiger partial charge in [-0.2, -0.15) is 0 Å². The zero-order valence-electron chi connectivity index (χ0n) is 17.7. The molecule has 0 aliphatic carbocycles. The Labute approximate surface area is 176 Å². The van der Waals surface area contributed by atoms with E-state index in [9.17, 15) is 5.11 Å². The lowest BCUT2D eigenvalue weighted by molar-refractivity contribution is 0.174. The molecular weight excluding hydrogens is 374 g/mol. The molecule has 4 aromatic rings. The fourth-order valence-corrected chi connectivity index (χ4v) is 4.29. The Balaban J connectivity index is 1.57. The van der Waals surface area contributed by atoms with Crippen molar-refractivity contribution in [3.63, 3.8) is 0 Å². The third kappa shape index (κ3) is 3.46. The molecule has 6 heteroatoms. The third-order valence-corrected chi connectivity index (χ3v) is 5.87. The van der Waals surface area contributed by atoms with Crippen molar-refractivity contribution in [3.8, 4) is 11.5 Å². The summed E-state index contributed by atoms with van der Waals surface area (Å²) < 4.78 is 2.02. The average molecular weight is 402 g/mol. The van der Waals surface area contributed by atoms with Crippen LogP contribution in [-0.4, -0.2) is 48.8 Å². The molecule has 1 atom stereocenters. The van der Waals surface area contributed by atoms with E-state index in [1.54, 1.807) is 0 Å². The van der Waals surface area contributed by atoms with E-state index in [0.29, 0.717) is 0 Å². The number of hydrogen-bond acceptors (Lipinski definition) is 5. The highest BCUT2D eigenvalue weighted by Gasteiger charge is 2.21. The number of aliphatic hydroxyl groups is 1. The summed E-state index contributed by atoms with van der Waals surface area (Å²) in [5.74, 6) is 0.749. The van der Waals surface area contributed by atoms with Crippen LogP contribution in [0.15, 0.2) is 48.7 Å². The van der Waals surface area contributed by atoms with Gasteiger partial charge in [-0.1, -0.05) is 51.1 Å². The molecule has 1 N–H and O–H groups in total. The number of para-hydroxylation sites is 1. The van der Waals surface area contributed by atoms with Gasteiger partial charge in [-0.05, 0) is 35.1 Å². The van der Waals surface area contributed by atoms with Crippen LogP contribution < -0.4 is 0 Å². The van der Waals surface area contributed by atoms with Crippen molar-refractivity contribution in [2.45, 2.75) is 45.3 Å². The summed E-state index contributed by atoms with van der Waals surface area (Å²) in [6, 6.07) is 14.6. The van der Waals surface area contributed by atoms with Crippen LogP contribution >= 0.6 is 0 Å². The minimum Gasteiger partial charge on any atom is -0.392 e. The molecule has 1 saturated heterocycles. The Bertz CT molecular complexity index is 1220. The Morgan fingerprint density at radius 2 is 1.93 bits per heavy atom. The van der Waals surface area contributed by atoms with Crippen LogP contribution in [0.2, 0.25) is 0 Å². The monoisotopic (exact) mass is 401 g/mol. The second-order valence-corrected chi connectivity index (χ2v) is 9.29. The molecular formula is C24H27N5O. The fourth-order valence-electron chi connectivity index (χ4n) is 4.29. The minimum absolute atomic E-state index is 0.00546. The van der Waals surface area contributed by atoms with Crippen molar-refractivity contribution in [3.05, 3.63) is 59.8 Å². The van der Waals surface area contributed by atoms with Gasteiger partial charge in [0.15, 0.2) is 11.5 Å². The summed E-state index contributed by atoms with van der Waals surface area (Å²) in [4.78, 5) is 7.29. The van der Waals surface area contributed by atoms with E-state index in [1.807, 2.05) is 16.5 Å². The van der Waals surface area contributed by atoms with Gasteiger partial charge in [-0.15, -0.1) is 10.2 Å². The summed E-state index contributed by atoms with van der Waals surface area (Å²) in [7, 11) is 0. The maximum absolute atomic E-state index is 9.80. The van der Waals surface area contributed by atoms with Crippen LogP contribution in [0, 0.1) is 0 Å². The van der Waals surface area contributed by atoms with E-state index >= 15 is 0 Å². The molecule has 3 aromatic heterocycles. The van der Waals surface area contributed by atoms with Crippen molar-refractivity contribution >= 4 is 16.6 Å².